The third-order valence-corrected chi connectivity index (χ3v) is 9.15. The highest BCUT2D eigenvalue weighted by Crippen LogP contribution is 2.62. The number of cyclic esters (lactones) is 1. The molecule has 226 valence electrons. The molecule has 2 fully saturated rings. The summed E-state index contributed by atoms with van der Waals surface area (Å²) < 4.78 is 39.9. The quantitative estimate of drug-likeness (QED) is 0.320. The third-order valence-electron chi connectivity index (χ3n) is 9.15. The number of aliphatic hydroxyl groups is 2. The summed E-state index contributed by atoms with van der Waals surface area (Å²) in [6, 6.07) is 0. The first kappa shape index (κ1) is 29.9. The van der Waals surface area contributed by atoms with E-state index in [2.05, 4.69) is 4.98 Å². The number of ether oxygens (including phenoxy) is 6. The van der Waals surface area contributed by atoms with Crippen molar-refractivity contribution in [2.75, 3.05) is 41.2 Å². The summed E-state index contributed by atoms with van der Waals surface area (Å²) in [7, 11) is 4.49. The standard InChI is InChI=1S/C29H39NO11/c1-14-8-15(2)29-19(17(9-35-3)27(33)39-24(14)21(31)12-37-5)7-6-16-22(29)23(32)18(10-36-4)25(26(16)41-29)40-28(34)20-11-38-13-30-20/h6-8,11,13-14,16-19,21-26,31-32H,9-10,12H2,1-5H3/b15-8+/t14-,16-,17-,18-,19-,21-,22+,23-,24+,25?,26-,29+/m1/s1. The van der Waals surface area contributed by atoms with Crippen LogP contribution in [0.25, 0.3) is 0 Å². The molecular formula is C29H39NO11. The minimum atomic E-state index is -1.15. The van der Waals surface area contributed by atoms with Crippen molar-refractivity contribution in [2.24, 2.45) is 35.5 Å². The van der Waals surface area contributed by atoms with Crippen molar-refractivity contribution in [3.63, 3.8) is 0 Å². The maximum atomic E-state index is 13.8. The predicted molar refractivity (Wildman–Crippen MR) is 140 cm³/mol. The molecule has 0 aromatic carbocycles. The van der Waals surface area contributed by atoms with Crippen LogP contribution < -0.4 is 0 Å². The number of hydrogen-bond acceptors (Lipinski definition) is 12. The van der Waals surface area contributed by atoms with Crippen molar-refractivity contribution in [3.8, 4) is 0 Å². The molecule has 1 saturated heterocycles. The van der Waals surface area contributed by atoms with Crippen LogP contribution in [0.1, 0.15) is 24.3 Å². The number of carbonyl (C=O) groups excluding carboxylic acids is 2. The largest absolute Gasteiger partial charge is 0.459 e. The zero-order chi connectivity index (χ0) is 29.5. The van der Waals surface area contributed by atoms with Gasteiger partial charge in [0.2, 0.25) is 0 Å². The fourth-order valence-corrected chi connectivity index (χ4v) is 7.50. The average molecular weight is 578 g/mol. The number of carbonyl (C=O) groups is 2. The van der Waals surface area contributed by atoms with Crippen LogP contribution >= 0.6 is 0 Å². The molecule has 2 aliphatic heterocycles. The van der Waals surface area contributed by atoms with Crippen LogP contribution in [0.4, 0.5) is 0 Å². The van der Waals surface area contributed by atoms with Crippen molar-refractivity contribution in [1.82, 2.24) is 4.98 Å². The van der Waals surface area contributed by atoms with Crippen molar-refractivity contribution < 1.29 is 52.6 Å². The molecule has 0 amide bonds. The molecule has 12 nitrogen and oxygen atoms in total. The Balaban J connectivity index is 1.61. The Hall–Kier alpha value is -2.61. The second-order valence-corrected chi connectivity index (χ2v) is 11.4. The predicted octanol–water partition coefficient (Wildman–Crippen LogP) is 1.17. The molecule has 1 unspecified atom stereocenters. The van der Waals surface area contributed by atoms with Gasteiger partial charge in [-0.3, -0.25) is 4.79 Å². The van der Waals surface area contributed by atoms with Crippen LogP contribution in [0, 0.1) is 35.5 Å². The maximum absolute atomic E-state index is 13.8. The number of oxazole rings is 1. The highest BCUT2D eigenvalue weighted by molar-refractivity contribution is 5.86. The van der Waals surface area contributed by atoms with E-state index in [4.69, 9.17) is 32.8 Å². The number of rotatable bonds is 9. The zero-order valence-corrected chi connectivity index (χ0v) is 23.9. The average Bonchev–Trinajstić information content (AvgIpc) is 3.54. The van der Waals surface area contributed by atoms with Gasteiger partial charge in [-0.2, -0.15) is 0 Å². The van der Waals surface area contributed by atoms with Gasteiger partial charge in [0, 0.05) is 50.9 Å². The first-order valence-corrected chi connectivity index (χ1v) is 13.9. The van der Waals surface area contributed by atoms with Crippen LogP contribution in [0.15, 0.2) is 40.9 Å². The van der Waals surface area contributed by atoms with E-state index >= 15 is 0 Å². The van der Waals surface area contributed by atoms with Crippen molar-refractivity contribution in [1.29, 1.82) is 0 Å². The number of hydrogen-bond donors (Lipinski definition) is 2. The molecule has 1 aromatic heterocycles. The topological polar surface area (TPSA) is 156 Å². The number of aliphatic hydroxyl groups excluding tert-OH is 2. The fourth-order valence-electron chi connectivity index (χ4n) is 7.50. The zero-order valence-electron chi connectivity index (χ0n) is 23.9. The lowest BCUT2D eigenvalue weighted by Gasteiger charge is -2.49. The van der Waals surface area contributed by atoms with E-state index < -0.39 is 77.6 Å². The SMILES string of the molecule is COC[C@@H](O)[C@H]1OC(=O)[C@H](COC)[C@H]2C=C[C@@H]3[C@H]4[C@H](O)[C@@H](COC)C(OC(=O)c5cocn5)[C@@H]3O[C@]42/C(C)=C/[C@H]1C. The minimum absolute atomic E-state index is 0.00114. The molecule has 2 N–H and O–H groups in total. The van der Waals surface area contributed by atoms with Crippen molar-refractivity contribution in [3.05, 3.63) is 42.2 Å². The number of esters is 2. The summed E-state index contributed by atoms with van der Waals surface area (Å²) >= 11 is 0. The van der Waals surface area contributed by atoms with Crippen molar-refractivity contribution in [2.45, 2.75) is 50.0 Å². The molecule has 4 bridgehead atoms. The smallest absolute Gasteiger partial charge is 0.360 e. The van der Waals surface area contributed by atoms with Crippen LogP contribution in [-0.4, -0.2) is 104 Å². The maximum Gasteiger partial charge on any atom is 0.360 e. The van der Waals surface area contributed by atoms with E-state index in [1.54, 1.807) is 0 Å². The Morgan fingerprint density at radius 2 is 1.93 bits per heavy atom. The number of aromatic nitrogens is 1. The molecule has 5 rings (SSSR count). The van der Waals surface area contributed by atoms with Crippen LogP contribution in [0.3, 0.4) is 0 Å². The second kappa shape index (κ2) is 11.9. The molecule has 12 heteroatoms. The lowest BCUT2D eigenvalue weighted by atomic mass is 9.56. The van der Waals surface area contributed by atoms with Gasteiger partial charge in [-0.1, -0.05) is 25.2 Å². The third kappa shape index (κ3) is 4.94. The molecule has 1 aromatic rings. The summed E-state index contributed by atoms with van der Waals surface area (Å²) in [4.78, 5) is 30.7. The highest BCUT2D eigenvalue weighted by atomic mass is 16.6. The van der Waals surface area contributed by atoms with Gasteiger partial charge in [0.1, 0.15) is 36.3 Å². The van der Waals surface area contributed by atoms with Gasteiger partial charge >= 0.3 is 11.9 Å². The molecular weight excluding hydrogens is 538 g/mol. The molecule has 1 spiro atoms. The molecule has 12 atom stereocenters. The molecule has 41 heavy (non-hydrogen) atoms. The first-order valence-electron chi connectivity index (χ1n) is 13.9. The van der Waals surface area contributed by atoms with Gasteiger partial charge in [0.25, 0.3) is 0 Å². The van der Waals surface area contributed by atoms with E-state index in [1.807, 2.05) is 32.1 Å². The van der Waals surface area contributed by atoms with E-state index in [0.717, 1.165) is 12.0 Å². The fraction of sp³-hybridized carbons (Fsp3) is 0.690. The number of nitrogens with zero attached hydrogens (tertiary/aromatic N) is 1. The van der Waals surface area contributed by atoms with Gasteiger partial charge in [-0.05, 0) is 12.5 Å². The lowest BCUT2D eigenvalue weighted by molar-refractivity contribution is -0.173. The first-order chi connectivity index (χ1) is 19.7. The second-order valence-electron chi connectivity index (χ2n) is 11.4. The van der Waals surface area contributed by atoms with E-state index in [-0.39, 0.29) is 31.4 Å². The molecule has 1 saturated carbocycles. The normalized spacial score (nSPS) is 41.7. The summed E-state index contributed by atoms with van der Waals surface area (Å²) in [5, 5.41) is 22.8. The van der Waals surface area contributed by atoms with Gasteiger partial charge in [0.15, 0.2) is 12.1 Å². The Labute approximate surface area is 238 Å². The summed E-state index contributed by atoms with van der Waals surface area (Å²) in [6.45, 7) is 3.88. The molecule has 2 aliphatic carbocycles. The summed E-state index contributed by atoms with van der Waals surface area (Å²) in [6.07, 6.45) is 3.66. The number of methoxy groups -OCH3 is 3. The van der Waals surface area contributed by atoms with Crippen LogP contribution in [0.5, 0.6) is 0 Å². The van der Waals surface area contributed by atoms with Gasteiger partial charge in [-0.15, -0.1) is 0 Å². The molecule has 3 heterocycles. The Morgan fingerprint density at radius 3 is 2.59 bits per heavy atom. The van der Waals surface area contributed by atoms with E-state index in [0.29, 0.717) is 0 Å². The van der Waals surface area contributed by atoms with Gasteiger partial charge in [-0.25, -0.2) is 9.78 Å². The Morgan fingerprint density at radius 1 is 1.17 bits per heavy atom. The van der Waals surface area contributed by atoms with Gasteiger partial charge in [0.05, 0.1) is 31.8 Å². The summed E-state index contributed by atoms with van der Waals surface area (Å²) in [5.41, 5.74) is -0.368. The van der Waals surface area contributed by atoms with Crippen molar-refractivity contribution >= 4 is 11.9 Å². The lowest BCUT2D eigenvalue weighted by Crippen LogP contribution is -2.59. The van der Waals surface area contributed by atoms with E-state index in [1.165, 1.54) is 27.6 Å². The van der Waals surface area contributed by atoms with Gasteiger partial charge < -0.3 is 43.1 Å². The Bertz CT molecular complexity index is 1150. The highest BCUT2D eigenvalue weighted by Gasteiger charge is 2.71. The minimum Gasteiger partial charge on any atom is -0.459 e. The Kier molecular flexibility index (Phi) is 8.70. The van der Waals surface area contributed by atoms with Crippen LogP contribution in [0.2, 0.25) is 0 Å². The molecule has 0 radical (unpaired) electrons. The molecule has 4 aliphatic rings. The van der Waals surface area contributed by atoms with Crippen LogP contribution in [-0.2, 0) is 33.2 Å². The summed E-state index contributed by atoms with van der Waals surface area (Å²) in [5.74, 6) is -4.48. The van der Waals surface area contributed by atoms with E-state index in [9.17, 15) is 19.8 Å². The monoisotopic (exact) mass is 577 g/mol.